The Hall–Kier alpha value is -2.85. The van der Waals surface area contributed by atoms with E-state index in [1.807, 2.05) is 4.57 Å². The first-order chi connectivity index (χ1) is 16.5. The van der Waals surface area contributed by atoms with Crippen LogP contribution < -0.4 is 16.4 Å². The highest BCUT2D eigenvalue weighted by atomic mass is 19.1. The standard InChI is InChI=1S/C24H31F2N7O/c25-18-2-1-3-19(26)21(18)31-24-30-20-13-28-23(29-15-6-10-17(34)11-7-15)32-22(20)33(24)16-8-4-14(12-27)5-9-16/h1-3,13-17,34H,4-12,27H2,(H,30,31)(H,28,29,32). The van der Waals surface area contributed by atoms with Gasteiger partial charge in [0.15, 0.2) is 5.65 Å². The lowest BCUT2D eigenvalue weighted by Gasteiger charge is -2.30. The minimum atomic E-state index is -0.682. The molecule has 0 unspecified atom stereocenters. The second kappa shape index (κ2) is 9.79. The van der Waals surface area contributed by atoms with Crippen molar-refractivity contribution in [2.75, 3.05) is 17.2 Å². The molecule has 2 aromatic heterocycles. The number of halogens is 2. The number of benzene rings is 1. The third kappa shape index (κ3) is 4.69. The molecule has 2 heterocycles. The third-order valence-corrected chi connectivity index (χ3v) is 7.18. The monoisotopic (exact) mass is 471 g/mol. The van der Waals surface area contributed by atoms with Crippen LogP contribution in [0, 0.1) is 17.6 Å². The number of hydrogen-bond acceptors (Lipinski definition) is 7. The number of para-hydroxylation sites is 1. The molecule has 182 valence electrons. The largest absolute Gasteiger partial charge is 0.393 e. The molecule has 5 rings (SSSR count). The number of anilines is 3. The highest BCUT2D eigenvalue weighted by Gasteiger charge is 2.27. The summed E-state index contributed by atoms with van der Waals surface area (Å²) in [5, 5.41) is 16.0. The van der Waals surface area contributed by atoms with Crippen LogP contribution in [-0.2, 0) is 0 Å². The lowest BCUT2D eigenvalue weighted by molar-refractivity contribution is 0.126. The predicted octanol–water partition coefficient (Wildman–Crippen LogP) is 4.25. The number of aliphatic hydroxyl groups is 1. The molecule has 0 bridgehead atoms. The minimum absolute atomic E-state index is 0.0812. The van der Waals surface area contributed by atoms with Gasteiger partial charge in [0.2, 0.25) is 11.9 Å². The molecule has 5 N–H and O–H groups in total. The van der Waals surface area contributed by atoms with Crippen molar-refractivity contribution >= 4 is 28.7 Å². The summed E-state index contributed by atoms with van der Waals surface area (Å²) < 4.78 is 30.8. The molecule has 0 atom stereocenters. The first-order valence-corrected chi connectivity index (χ1v) is 12.1. The maximum absolute atomic E-state index is 14.4. The van der Waals surface area contributed by atoms with Gasteiger partial charge in [0.25, 0.3) is 0 Å². The average molecular weight is 472 g/mol. The van der Waals surface area contributed by atoms with Gasteiger partial charge in [0.05, 0.1) is 12.3 Å². The predicted molar refractivity (Wildman–Crippen MR) is 127 cm³/mol. The zero-order valence-corrected chi connectivity index (χ0v) is 19.1. The molecule has 2 aliphatic rings. The normalized spacial score (nSPS) is 25.4. The zero-order chi connectivity index (χ0) is 23.7. The molecule has 0 spiro atoms. The molecule has 8 nitrogen and oxygen atoms in total. The zero-order valence-electron chi connectivity index (χ0n) is 19.1. The summed E-state index contributed by atoms with van der Waals surface area (Å²) in [6, 6.07) is 4.04. The first kappa shape index (κ1) is 22.9. The number of imidazole rings is 1. The van der Waals surface area contributed by atoms with Crippen LogP contribution in [0.3, 0.4) is 0 Å². The number of nitrogens with zero attached hydrogens (tertiary/aromatic N) is 4. The van der Waals surface area contributed by atoms with Gasteiger partial charge in [-0.3, -0.25) is 4.57 Å². The number of nitrogens with one attached hydrogen (secondary N) is 2. The topological polar surface area (TPSA) is 114 Å². The van der Waals surface area contributed by atoms with Crippen LogP contribution in [0.1, 0.15) is 57.4 Å². The number of aliphatic hydroxyl groups excluding tert-OH is 1. The maximum Gasteiger partial charge on any atom is 0.224 e. The van der Waals surface area contributed by atoms with Crippen LogP contribution in [0.25, 0.3) is 11.2 Å². The SMILES string of the molecule is NCC1CCC(n2c(Nc3c(F)cccc3F)nc3cnc(NC4CCC(O)CC4)nc32)CC1. The Bertz CT molecular complexity index is 1120. The van der Waals surface area contributed by atoms with Gasteiger partial charge in [0, 0.05) is 12.1 Å². The molecule has 0 amide bonds. The number of aromatic nitrogens is 4. The van der Waals surface area contributed by atoms with Crippen LogP contribution in [0.4, 0.5) is 26.4 Å². The molecule has 2 aliphatic carbocycles. The van der Waals surface area contributed by atoms with E-state index in [0.717, 1.165) is 51.4 Å². The Morgan fingerprint density at radius 1 is 1.00 bits per heavy atom. The summed E-state index contributed by atoms with van der Waals surface area (Å²) in [6.45, 7) is 0.662. The third-order valence-electron chi connectivity index (χ3n) is 7.18. The van der Waals surface area contributed by atoms with Crippen LogP contribution >= 0.6 is 0 Å². The second-order valence-corrected chi connectivity index (χ2v) is 9.49. The summed E-state index contributed by atoms with van der Waals surface area (Å²) in [7, 11) is 0. The molecule has 2 fully saturated rings. The molecule has 0 aliphatic heterocycles. The van der Waals surface area contributed by atoms with Crippen molar-refractivity contribution in [2.45, 2.75) is 69.6 Å². The van der Waals surface area contributed by atoms with E-state index in [-0.39, 0.29) is 23.9 Å². The van der Waals surface area contributed by atoms with E-state index in [1.165, 1.54) is 18.2 Å². The summed E-state index contributed by atoms with van der Waals surface area (Å²) in [5.74, 6) is -0.0338. The van der Waals surface area contributed by atoms with E-state index >= 15 is 0 Å². The van der Waals surface area contributed by atoms with Crippen LogP contribution in [0.2, 0.25) is 0 Å². The van der Waals surface area contributed by atoms with Crippen molar-refractivity contribution in [3.63, 3.8) is 0 Å². The fraction of sp³-hybridized carbons (Fsp3) is 0.542. The Morgan fingerprint density at radius 2 is 1.71 bits per heavy atom. The van der Waals surface area contributed by atoms with E-state index in [1.54, 1.807) is 6.20 Å². The summed E-state index contributed by atoms with van der Waals surface area (Å²) in [4.78, 5) is 13.8. The minimum Gasteiger partial charge on any atom is -0.393 e. The Kier molecular flexibility index (Phi) is 6.60. The molecule has 0 saturated heterocycles. The lowest BCUT2D eigenvalue weighted by atomic mass is 9.86. The molecule has 0 radical (unpaired) electrons. The second-order valence-electron chi connectivity index (χ2n) is 9.49. The molecule has 3 aromatic rings. The van der Waals surface area contributed by atoms with Gasteiger partial charge in [-0.25, -0.2) is 18.7 Å². The van der Waals surface area contributed by atoms with Gasteiger partial charge in [0.1, 0.15) is 22.8 Å². The van der Waals surface area contributed by atoms with E-state index in [0.29, 0.717) is 35.5 Å². The molecule has 1 aromatic carbocycles. The van der Waals surface area contributed by atoms with E-state index in [2.05, 4.69) is 20.6 Å². The van der Waals surface area contributed by atoms with E-state index < -0.39 is 11.6 Å². The number of rotatable bonds is 6. The summed E-state index contributed by atoms with van der Waals surface area (Å²) in [6.07, 6.45) is 8.35. The average Bonchev–Trinajstić information content (AvgIpc) is 3.20. The van der Waals surface area contributed by atoms with Gasteiger partial charge < -0.3 is 21.5 Å². The maximum atomic E-state index is 14.4. The van der Waals surface area contributed by atoms with Gasteiger partial charge >= 0.3 is 0 Å². The number of nitrogens with two attached hydrogens (primary N) is 1. The molecular weight excluding hydrogens is 440 g/mol. The van der Waals surface area contributed by atoms with Crippen molar-refractivity contribution in [3.05, 3.63) is 36.0 Å². The smallest absolute Gasteiger partial charge is 0.224 e. The van der Waals surface area contributed by atoms with Gasteiger partial charge in [-0.2, -0.15) is 4.98 Å². The molecule has 2 saturated carbocycles. The van der Waals surface area contributed by atoms with Crippen molar-refractivity contribution in [2.24, 2.45) is 11.7 Å². The molecule has 34 heavy (non-hydrogen) atoms. The van der Waals surface area contributed by atoms with E-state index in [9.17, 15) is 13.9 Å². The molecule has 10 heteroatoms. The van der Waals surface area contributed by atoms with Crippen molar-refractivity contribution in [1.82, 2.24) is 19.5 Å². The van der Waals surface area contributed by atoms with Crippen molar-refractivity contribution in [1.29, 1.82) is 0 Å². The van der Waals surface area contributed by atoms with Crippen molar-refractivity contribution in [3.8, 4) is 0 Å². The Morgan fingerprint density at radius 3 is 2.38 bits per heavy atom. The number of hydrogen-bond donors (Lipinski definition) is 4. The van der Waals surface area contributed by atoms with Gasteiger partial charge in [-0.1, -0.05) is 6.07 Å². The van der Waals surface area contributed by atoms with Gasteiger partial charge in [-0.15, -0.1) is 0 Å². The van der Waals surface area contributed by atoms with Crippen molar-refractivity contribution < 1.29 is 13.9 Å². The fourth-order valence-corrected chi connectivity index (χ4v) is 5.17. The van der Waals surface area contributed by atoms with Crippen LogP contribution in [0.15, 0.2) is 24.4 Å². The highest BCUT2D eigenvalue weighted by molar-refractivity contribution is 5.76. The van der Waals surface area contributed by atoms with Gasteiger partial charge in [-0.05, 0) is 76.0 Å². The Balaban J connectivity index is 1.50. The van der Waals surface area contributed by atoms with E-state index in [4.69, 9.17) is 10.7 Å². The summed E-state index contributed by atoms with van der Waals surface area (Å²) >= 11 is 0. The summed E-state index contributed by atoms with van der Waals surface area (Å²) in [5.41, 5.74) is 6.84. The Labute approximate surface area is 197 Å². The fourth-order valence-electron chi connectivity index (χ4n) is 5.17. The first-order valence-electron chi connectivity index (χ1n) is 12.1. The van der Waals surface area contributed by atoms with Crippen LogP contribution in [-0.4, -0.2) is 43.3 Å². The number of fused-ring (bicyclic) bond motifs is 1. The molecular formula is C24H31F2N7O. The lowest BCUT2D eigenvalue weighted by Crippen LogP contribution is -2.29. The highest BCUT2D eigenvalue weighted by Crippen LogP contribution is 2.37. The van der Waals surface area contributed by atoms with Crippen LogP contribution in [0.5, 0.6) is 0 Å². The quantitative estimate of drug-likeness (QED) is 0.425.